The number of hydrogen-bond acceptors (Lipinski definition) is 6. The number of nitrogens with zero attached hydrogens (tertiary/aromatic N) is 1. The van der Waals surface area contributed by atoms with Crippen molar-refractivity contribution < 1.29 is 28.9 Å². The van der Waals surface area contributed by atoms with Crippen LogP contribution in [-0.4, -0.2) is 36.6 Å². The van der Waals surface area contributed by atoms with Crippen LogP contribution in [0.5, 0.6) is 17.2 Å². The number of ether oxygens (including phenoxy) is 3. The van der Waals surface area contributed by atoms with E-state index in [0.29, 0.717) is 42.6 Å². The van der Waals surface area contributed by atoms with E-state index in [-0.39, 0.29) is 11.3 Å². The number of aliphatic hydroxyl groups excluding tert-OH is 1. The lowest BCUT2D eigenvalue weighted by Gasteiger charge is -2.27. The Balaban J connectivity index is 1.51. The lowest BCUT2D eigenvalue weighted by Crippen LogP contribution is -2.29. The molecule has 3 heterocycles. The van der Waals surface area contributed by atoms with E-state index in [1.165, 1.54) is 4.90 Å². The van der Waals surface area contributed by atoms with Crippen LogP contribution in [0.2, 0.25) is 0 Å². The third kappa shape index (κ3) is 3.59. The van der Waals surface area contributed by atoms with Gasteiger partial charge < -0.3 is 19.3 Å². The molecule has 3 aliphatic rings. The minimum atomic E-state index is -0.803. The van der Waals surface area contributed by atoms with Crippen LogP contribution in [0.4, 0.5) is 5.69 Å². The Bertz CT molecular complexity index is 1410. The van der Waals surface area contributed by atoms with Crippen molar-refractivity contribution in [1.29, 1.82) is 0 Å². The van der Waals surface area contributed by atoms with E-state index < -0.39 is 17.7 Å². The zero-order valence-corrected chi connectivity index (χ0v) is 19.8. The predicted molar refractivity (Wildman–Crippen MR) is 134 cm³/mol. The van der Waals surface area contributed by atoms with Crippen LogP contribution in [-0.2, 0) is 22.4 Å². The second kappa shape index (κ2) is 8.75. The van der Waals surface area contributed by atoms with E-state index in [4.69, 9.17) is 14.2 Å². The van der Waals surface area contributed by atoms with E-state index in [1.807, 2.05) is 30.3 Å². The van der Waals surface area contributed by atoms with Crippen LogP contribution in [0.15, 0.2) is 66.2 Å². The largest absolute Gasteiger partial charge is 0.507 e. The first-order chi connectivity index (χ1) is 17.5. The molecule has 36 heavy (non-hydrogen) atoms. The number of aryl methyl sites for hydroxylation is 1. The molecule has 6 rings (SSSR count). The third-order valence-corrected chi connectivity index (χ3v) is 6.91. The van der Waals surface area contributed by atoms with Gasteiger partial charge in [-0.05, 0) is 53.4 Å². The summed E-state index contributed by atoms with van der Waals surface area (Å²) in [7, 11) is 0. The predicted octanol–water partition coefficient (Wildman–Crippen LogP) is 4.58. The topological polar surface area (TPSA) is 85.3 Å². The Morgan fingerprint density at radius 2 is 1.61 bits per heavy atom. The smallest absolute Gasteiger partial charge is 0.300 e. The van der Waals surface area contributed by atoms with Crippen LogP contribution in [0.25, 0.3) is 5.76 Å². The van der Waals surface area contributed by atoms with E-state index in [1.54, 1.807) is 30.3 Å². The number of carbonyl (C=O) groups is 2. The van der Waals surface area contributed by atoms with E-state index in [0.717, 1.165) is 35.3 Å². The lowest BCUT2D eigenvalue weighted by atomic mass is 9.93. The molecule has 0 spiro atoms. The van der Waals surface area contributed by atoms with Gasteiger partial charge in [-0.2, -0.15) is 0 Å². The van der Waals surface area contributed by atoms with Crippen molar-refractivity contribution in [2.75, 3.05) is 24.7 Å². The van der Waals surface area contributed by atoms with Gasteiger partial charge in [0.05, 0.1) is 18.2 Å². The molecule has 0 saturated carbocycles. The monoisotopic (exact) mass is 483 g/mol. The van der Waals surface area contributed by atoms with Crippen molar-refractivity contribution in [3.05, 3.63) is 88.5 Å². The van der Waals surface area contributed by atoms with Gasteiger partial charge in [0.25, 0.3) is 11.7 Å². The molecule has 1 saturated heterocycles. The molecule has 1 amide bonds. The maximum atomic E-state index is 13.5. The molecule has 1 atom stereocenters. The van der Waals surface area contributed by atoms with Gasteiger partial charge in [0.2, 0.25) is 0 Å². The van der Waals surface area contributed by atoms with E-state index in [9.17, 15) is 14.7 Å². The van der Waals surface area contributed by atoms with Crippen LogP contribution in [0, 0.1) is 0 Å². The summed E-state index contributed by atoms with van der Waals surface area (Å²) in [5.41, 5.74) is 3.85. The Hall–Kier alpha value is -4.26. The molecule has 1 fully saturated rings. The van der Waals surface area contributed by atoms with Crippen LogP contribution in [0.1, 0.15) is 35.2 Å². The summed E-state index contributed by atoms with van der Waals surface area (Å²) < 4.78 is 16.9. The summed E-state index contributed by atoms with van der Waals surface area (Å²) in [6.07, 6.45) is 1.59. The zero-order chi connectivity index (χ0) is 24.8. The van der Waals surface area contributed by atoms with Crippen molar-refractivity contribution in [2.24, 2.45) is 0 Å². The number of Topliss-reactive ketones (excluding diaryl/α,β-unsaturated/α-hetero) is 1. The second-order valence-electron chi connectivity index (χ2n) is 9.01. The normalized spacial score (nSPS) is 19.8. The van der Waals surface area contributed by atoms with E-state index >= 15 is 0 Å². The third-order valence-electron chi connectivity index (χ3n) is 6.91. The molecule has 182 valence electrons. The van der Waals surface area contributed by atoms with Crippen molar-refractivity contribution in [1.82, 2.24) is 0 Å². The second-order valence-corrected chi connectivity index (χ2v) is 9.01. The minimum absolute atomic E-state index is 0.0537. The summed E-state index contributed by atoms with van der Waals surface area (Å²) in [5, 5.41) is 11.4. The number of rotatable bonds is 4. The number of ketones is 1. The van der Waals surface area contributed by atoms with Gasteiger partial charge in [0.15, 0.2) is 11.5 Å². The van der Waals surface area contributed by atoms with Crippen LogP contribution < -0.4 is 19.1 Å². The molecular formula is C29H25NO6. The van der Waals surface area contributed by atoms with Gasteiger partial charge in [-0.3, -0.25) is 14.5 Å². The quantitative estimate of drug-likeness (QED) is 0.332. The molecule has 3 aromatic carbocycles. The Morgan fingerprint density at radius 3 is 2.39 bits per heavy atom. The summed E-state index contributed by atoms with van der Waals surface area (Å²) in [6.45, 7) is 3.50. The molecule has 0 radical (unpaired) electrons. The molecule has 0 aliphatic carbocycles. The van der Waals surface area contributed by atoms with Crippen LogP contribution >= 0.6 is 0 Å². The van der Waals surface area contributed by atoms with Crippen LogP contribution in [0.3, 0.4) is 0 Å². The summed E-state index contributed by atoms with van der Waals surface area (Å²) in [5.74, 6) is 0.235. The number of amides is 1. The maximum absolute atomic E-state index is 13.5. The number of anilines is 1. The standard InChI is InChI=1S/C29H25NO6/c1-2-17-3-5-18(6-4-17)26-25(27(31)20-7-9-22-19(15-20)11-12-34-22)28(32)29(33)30(26)21-8-10-23-24(16-21)36-14-13-35-23/h3-10,15-16,26,31H,2,11-14H2,1H3/b27-25+. The molecule has 7 nitrogen and oxygen atoms in total. The minimum Gasteiger partial charge on any atom is -0.507 e. The van der Waals surface area contributed by atoms with E-state index in [2.05, 4.69) is 6.92 Å². The highest BCUT2D eigenvalue weighted by molar-refractivity contribution is 6.51. The number of benzene rings is 3. The first-order valence-electron chi connectivity index (χ1n) is 12.1. The molecule has 7 heteroatoms. The average molecular weight is 484 g/mol. The fraction of sp³-hybridized carbons (Fsp3) is 0.241. The highest BCUT2D eigenvalue weighted by atomic mass is 16.6. The Morgan fingerprint density at radius 1 is 0.889 bits per heavy atom. The van der Waals surface area contributed by atoms with Crippen molar-refractivity contribution in [3.8, 4) is 17.2 Å². The maximum Gasteiger partial charge on any atom is 0.300 e. The Labute approximate surface area is 208 Å². The highest BCUT2D eigenvalue weighted by Gasteiger charge is 2.47. The summed E-state index contributed by atoms with van der Waals surface area (Å²) >= 11 is 0. The summed E-state index contributed by atoms with van der Waals surface area (Å²) in [4.78, 5) is 28.3. The van der Waals surface area contributed by atoms with Crippen molar-refractivity contribution in [3.63, 3.8) is 0 Å². The number of fused-ring (bicyclic) bond motifs is 2. The molecule has 3 aromatic rings. The van der Waals surface area contributed by atoms with Gasteiger partial charge in [0, 0.05) is 23.7 Å². The molecule has 1 unspecified atom stereocenters. The number of aliphatic hydroxyl groups is 1. The first kappa shape index (κ1) is 22.2. The highest BCUT2D eigenvalue weighted by Crippen LogP contribution is 2.45. The molecule has 0 aromatic heterocycles. The fourth-order valence-corrected chi connectivity index (χ4v) is 5.02. The lowest BCUT2D eigenvalue weighted by molar-refractivity contribution is -0.132. The zero-order valence-electron chi connectivity index (χ0n) is 19.8. The van der Waals surface area contributed by atoms with Crippen molar-refractivity contribution in [2.45, 2.75) is 25.8 Å². The number of carbonyl (C=O) groups excluding carboxylic acids is 2. The SMILES string of the molecule is CCc1ccc(C2/C(=C(\O)c3ccc4c(c3)CCO4)C(=O)C(=O)N2c2ccc3c(c2)OCCO3)cc1. The van der Waals surface area contributed by atoms with Crippen molar-refractivity contribution >= 4 is 23.1 Å². The molecule has 1 N–H and O–H groups in total. The van der Waals surface area contributed by atoms with Gasteiger partial charge in [-0.25, -0.2) is 0 Å². The molecule has 3 aliphatic heterocycles. The fourth-order valence-electron chi connectivity index (χ4n) is 5.02. The molecule has 0 bridgehead atoms. The average Bonchev–Trinajstić information content (AvgIpc) is 3.50. The summed E-state index contributed by atoms with van der Waals surface area (Å²) in [6, 6.07) is 17.5. The van der Waals surface area contributed by atoms with Gasteiger partial charge >= 0.3 is 0 Å². The number of hydrogen-bond donors (Lipinski definition) is 1. The van der Waals surface area contributed by atoms with Gasteiger partial charge in [-0.1, -0.05) is 31.2 Å². The first-order valence-corrected chi connectivity index (χ1v) is 12.1. The van der Waals surface area contributed by atoms with Gasteiger partial charge in [-0.15, -0.1) is 0 Å². The Kier molecular flexibility index (Phi) is 5.40. The van der Waals surface area contributed by atoms with Gasteiger partial charge in [0.1, 0.15) is 24.7 Å². The molecular weight excluding hydrogens is 458 g/mol.